The lowest BCUT2D eigenvalue weighted by Crippen LogP contribution is -2.10. The van der Waals surface area contributed by atoms with E-state index in [1.54, 1.807) is 0 Å². The van der Waals surface area contributed by atoms with E-state index in [0.717, 1.165) is 11.8 Å². The first-order valence-corrected chi connectivity index (χ1v) is 6.17. The molecule has 0 bridgehead atoms. The van der Waals surface area contributed by atoms with Gasteiger partial charge in [-0.25, -0.2) is 0 Å². The van der Waals surface area contributed by atoms with Crippen LogP contribution in [0.3, 0.4) is 0 Å². The van der Waals surface area contributed by atoms with Crippen molar-refractivity contribution >= 4 is 11.6 Å². The van der Waals surface area contributed by atoms with E-state index >= 15 is 0 Å². The van der Waals surface area contributed by atoms with Crippen LogP contribution in [0.4, 0.5) is 0 Å². The third-order valence-electron chi connectivity index (χ3n) is 4.37. The van der Waals surface area contributed by atoms with E-state index in [1.165, 1.54) is 38.5 Å². The smallest absolute Gasteiger partial charge is 0.0257 e. The summed E-state index contributed by atoms with van der Waals surface area (Å²) in [7, 11) is 0. The Balaban J connectivity index is 1.96. The molecule has 0 saturated heterocycles. The Labute approximate surface area is 87.0 Å². The standard InChI is InChI=1S/C12H21Cl/c1-11(2)4-3-5-12(7-6-11)8-10(12)9-13/h10H,3-9H2,1-2H3. The van der Waals surface area contributed by atoms with E-state index in [1.807, 2.05) is 0 Å². The summed E-state index contributed by atoms with van der Waals surface area (Å²) in [5.74, 6) is 1.77. The van der Waals surface area contributed by atoms with Crippen LogP contribution in [0.1, 0.15) is 52.4 Å². The van der Waals surface area contributed by atoms with Gasteiger partial charge in [0.25, 0.3) is 0 Å². The maximum atomic E-state index is 5.95. The first-order chi connectivity index (χ1) is 6.08. The molecule has 2 atom stereocenters. The predicted molar refractivity (Wildman–Crippen MR) is 58.1 cm³/mol. The molecule has 0 amide bonds. The monoisotopic (exact) mass is 200 g/mol. The van der Waals surface area contributed by atoms with Crippen LogP contribution < -0.4 is 0 Å². The second-order valence-electron chi connectivity index (χ2n) is 5.94. The fourth-order valence-corrected chi connectivity index (χ4v) is 3.46. The molecule has 0 aliphatic heterocycles. The van der Waals surface area contributed by atoms with E-state index in [9.17, 15) is 0 Å². The average Bonchev–Trinajstić information content (AvgIpc) is 2.78. The Morgan fingerprint density at radius 1 is 1.15 bits per heavy atom. The zero-order chi connectivity index (χ0) is 9.53. The maximum absolute atomic E-state index is 5.95. The van der Waals surface area contributed by atoms with Gasteiger partial charge in [-0.2, -0.15) is 0 Å². The Morgan fingerprint density at radius 2 is 1.92 bits per heavy atom. The normalized spacial score (nSPS) is 43.2. The van der Waals surface area contributed by atoms with Crippen LogP contribution in [0, 0.1) is 16.7 Å². The third-order valence-corrected chi connectivity index (χ3v) is 4.75. The lowest BCUT2D eigenvalue weighted by molar-refractivity contribution is 0.302. The van der Waals surface area contributed by atoms with Crippen LogP contribution in [0.2, 0.25) is 0 Å². The summed E-state index contributed by atoms with van der Waals surface area (Å²) in [4.78, 5) is 0. The van der Waals surface area contributed by atoms with Crippen molar-refractivity contribution in [2.45, 2.75) is 52.4 Å². The molecule has 0 aromatic carbocycles. The van der Waals surface area contributed by atoms with E-state index < -0.39 is 0 Å². The van der Waals surface area contributed by atoms with Crippen molar-refractivity contribution in [2.75, 3.05) is 5.88 Å². The Kier molecular flexibility index (Phi) is 2.38. The predicted octanol–water partition coefficient (Wildman–Crippen LogP) is 4.22. The Hall–Kier alpha value is 0.290. The zero-order valence-corrected chi connectivity index (χ0v) is 9.66. The van der Waals surface area contributed by atoms with Gasteiger partial charge in [-0.3, -0.25) is 0 Å². The van der Waals surface area contributed by atoms with Gasteiger partial charge < -0.3 is 0 Å². The second kappa shape index (κ2) is 3.15. The summed E-state index contributed by atoms with van der Waals surface area (Å²) in [6, 6.07) is 0. The SMILES string of the molecule is CC1(C)CCCC2(CC1)CC2CCl. The van der Waals surface area contributed by atoms with Gasteiger partial charge in [0.2, 0.25) is 0 Å². The summed E-state index contributed by atoms with van der Waals surface area (Å²) in [5, 5.41) is 0. The quantitative estimate of drug-likeness (QED) is 0.556. The van der Waals surface area contributed by atoms with E-state index in [-0.39, 0.29) is 0 Å². The van der Waals surface area contributed by atoms with Gasteiger partial charge in [0.15, 0.2) is 0 Å². The minimum absolute atomic E-state index is 0.600. The molecule has 0 aromatic heterocycles. The minimum Gasteiger partial charge on any atom is -0.126 e. The van der Waals surface area contributed by atoms with Gasteiger partial charge in [-0.15, -0.1) is 11.6 Å². The van der Waals surface area contributed by atoms with Crippen molar-refractivity contribution in [1.29, 1.82) is 0 Å². The van der Waals surface area contributed by atoms with Crippen LogP contribution in [0.15, 0.2) is 0 Å². The molecule has 76 valence electrons. The molecule has 2 unspecified atom stereocenters. The molecule has 0 N–H and O–H groups in total. The molecule has 2 aliphatic rings. The van der Waals surface area contributed by atoms with Gasteiger partial charge >= 0.3 is 0 Å². The fourth-order valence-electron chi connectivity index (χ4n) is 3.02. The van der Waals surface area contributed by atoms with Gasteiger partial charge in [0.05, 0.1) is 0 Å². The van der Waals surface area contributed by atoms with Crippen LogP contribution in [0.5, 0.6) is 0 Å². The Morgan fingerprint density at radius 3 is 2.54 bits per heavy atom. The minimum atomic E-state index is 0.600. The van der Waals surface area contributed by atoms with Crippen LogP contribution >= 0.6 is 11.6 Å². The molecule has 2 rings (SSSR count). The highest BCUT2D eigenvalue weighted by Gasteiger charge is 2.53. The number of halogens is 1. The first kappa shape index (κ1) is 9.83. The maximum Gasteiger partial charge on any atom is 0.0257 e. The highest BCUT2D eigenvalue weighted by atomic mass is 35.5. The number of rotatable bonds is 1. The van der Waals surface area contributed by atoms with Crippen LogP contribution in [-0.4, -0.2) is 5.88 Å². The molecule has 2 saturated carbocycles. The lowest BCUT2D eigenvalue weighted by atomic mass is 9.84. The van der Waals surface area contributed by atoms with Gasteiger partial charge in [0.1, 0.15) is 0 Å². The number of hydrogen-bond donors (Lipinski definition) is 0. The molecule has 2 fully saturated rings. The molecule has 0 nitrogen and oxygen atoms in total. The van der Waals surface area contributed by atoms with Crippen molar-refractivity contribution in [3.63, 3.8) is 0 Å². The molecule has 13 heavy (non-hydrogen) atoms. The van der Waals surface area contributed by atoms with Crippen molar-refractivity contribution < 1.29 is 0 Å². The van der Waals surface area contributed by atoms with Crippen molar-refractivity contribution in [3.05, 3.63) is 0 Å². The first-order valence-electron chi connectivity index (χ1n) is 5.64. The molecular formula is C12H21Cl. The van der Waals surface area contributed by atoms with Gasteiger partial charge in [-0.1, -0.05) is 20.3 Å². The molecule has 0 radical (unpaired) electrons. The molecule has 0 aromatic rings. The summed E-state index contributed by atoms with van der Waals surface area (Å²) in [6.45, 7) is 4.84. The van der Waals surface area contributed by atoms with E-state index in [4.69, 9.17) is 11.6 Å². The molecule has 1 spiro atoms. The van der Waals surface area contributed by atoms with Crippen LogP contribution in [-0.2, 0) is 0 Å². The Bertz CT molecular complexity index is 197. The largest absolute Gasteiger partial charge is 0.126 e. The third kappa shape index (κ3) is 1.88. The van der Waals surface area contributed by atoms with Crippen LogP contribution in [0.25, 0.3) is 0 Å². The topological polar surface area (TPSA) is 0 Å². The average molecular weight is 201 g/mol. The number of hydrogen-bond acceptors (Lipinski definition) is 0. The van der Waals surface area contributed by atoms with Crippen molar-refractivity contribution in [1.82, 2.24) is 0 Å². The van der Waals surface area contributed by atoms with E-state index in [0.29, 0.717) is 10.8 Å². The summed E-state index contributed by atoms with van der Waals surface area (Å²) in [5.41, 5.74) is 1.30. The lowest BCUT2D eigenvalue weighted by Gasteiger charge is -2.22. The molecule has 2 aliphatic carbocycles. The summed E-state index contributed by atoms with van der Waals surface area (Å²) >= 11 is 5.95. The van der Waals surface area contributed by atoms with Gasteiger partial charge in [0, 0.05) is 5.88 Å². The van der Waals surface area contributed by atoms with E-state index in [2.05, 4.69) is 13.8 Å². The fraction of sp³-hybridized carbons (Fsp3) is 1.00. The molecule has 0 heterocycles. The van der Waals surface area contributed by atoms with Gasteiger partial charge in [-0.05, 0) is 48.9 Å². The zero-order valence-electron chi connectivity index (χ0n) is 8.91. The van der Waals surface area contributed by atoms with Crippen molar-refractivity contribution in [3.8, 4) is 0 Å². The van der Waals surface area contributed by atoms with Crippen molar-refractivity contribution in [2.24, 2.45) is 16.7 Å². The summed E-state index contributed by atoms with van der Waals surface area (Å²) < 4.78 is 0. The molecule has 1 heteroatoms. The second-order valence-corrected chi connectivity index (χ2v) is 6.24. The molecular weight excluding hydrogens is 180 g/mol. The summed E-state index contributed by atoms with van der Waals surface area (Å²) in [6.07, 6.45) is 8.59. The highest BCUT2D eigenvalue weighted by Crippen LogP contribution is 2.62. The number of alkyl halides is 1. The highest BCUT2D eigenvalue weighted by molar-refractivity contribution is 6.18.